The molecule has 0 saturated heterocycles. The van der Waals surface area contributed by atoms with Crippen LogP contribution in [-0.2, 0) is 0 Å². The van der Waals surface area contributed by atoms with Crippen molar-refractivity contribution in [3.05, 3.63) is 59.7 Å². The van der Waals surface area contributed by atoms with Crippen LogP contribution < -0.4 is 0 Å². The van der Waals surface area contributed by atoms with Gasteiger partial charge in [-0.25, -0.2) is 9.37 Å². The Morgan fingerprint density at radius 2 is 1.77 bits per heavy atom. The van der Waals surface area contributed by atoms with Crippen LogP contribution in [-0.4, -0.2) is 9.38 Å². The molecule has 0 amide bonds. The predicted molar refractivity (Wildman–Crippen MR) is 84.6 cm³/mol. The molecule has 4 nitrogen and oxygen atoms in total. The molecule has 3 rings (SSSR count). The van der Waals surface area contributed by atoms with Gasteiger partial charge < -0.3 is 0 Å². The maximum atomic E-state index is 12.9. The van der Waals surface area contributed by atoms with E-state index in [0.717, 1.165) is 22.7 Å². The topological polar surface area (TPSA) is 42.0 Å². The van der Waals surface area contributed by atoms with Crippen molar-refractivity contribution in [1.29, 1.82) is 0 Å². The summed E-state index contributed by atoms with van der Waals surface area (Å²) in [7, 11) is 0. The molecule has 0 radical (unpaired) electrons. The highest BCUT2D eigenvalue weighted by Crippen LogP contribution is 2.29. The average Bonchev–Trinajstić information content (AvgIpc) is 2.85. The molecule has 0 spiro atoms. The van der Waals surface area contributed by atoms with Crippen molar-refractivity contribution in [2.45, 2.75) is 26.7 Å². The van der Waals surface area contributed by atoms with Gasteiger partial charge in [-0.3, -0.25) is 4.40 Å². The lowest BCUT2D eigenvalue weighted by molar-refractivity contribution is 0.628. The summed E-state index contributed by atoms with van der Waals surface area (Å²) in [6.45, 7) is 6.17. The van der Waals surface area contributed by atoms with Gasteiger partial charge in [-0.2, -0.15) is 0 Å². The second-order valence-electron chi connectivity index (χ2n) is 5.59. The Bertz CT molecular complexity index is 832. The van der Waals surface area contributed by atoms with E-state index in [0.29, 0.717) is 5.69 Å². The molecule has 2 aromatic heterocycles. The molecule has 3 aromatic rings. The van der Waals surface area contributed by atoms with E-state index >= 15 is 0 Å². The largest absolute Gasteiger partial charge is 0.283 e. The van der Waals surface area contributed by atoms with Crippen molar-refractivity contribution in [3.8, 4) is 0 Å². The summed E-state index contributed by atoms with van der Waals surface area (Å²) in [5.41, 5.74) is 3.48. The van der Waals surface area contributed by atoms with Crippen LogP contribution in [0.2, 0.25) is 0 Å². The monoisotopic (exact) mass is 296 g/mol. The van der Waals surface area contributed by atoms with Crippen LogP contribution in [0.5, 0.6) is 0 Å². The van der Waals surface area contributed by atoms with Crippen molar-refractivity contribution < 1.29 is 4.39 Å². The molecule has 1 aromatic carbocycles. The normalized spacial score (nSPS) is 11.9. The van der Waals surface area contributed by atoms with Gasteiger partial charge in [0.15, 0.2) is 5.82 Å². The lowest BCUT2D eigenvalue weighted by Gasteiger charge is -2.02. The lowest BCUT2D eigenvalue weighted by Crippen LogP contribution is -1.88. The predicted octanol–water partition coefficient (Wildman–Crippen LogP) is 5.32. The van der Waals surface area contributed by atoms with Crippen LogP contribution in [0.4, 0.5) is 15.9 Å². The standard InChI is InChI=1S/C17H17FN4/c1-11(2)16-17(21-20-14-7-5-13(18)6-8-14)22-10-12(3)4-9-15(22)19-16/h4-11H,1-3H3. The zero-order valence-corrected chi connectivity index (χ0v) is 12.8. The number of rotatable bonds is 3. The molecule has 0 unspecified atom stereocenters. The van der Waals surface area contributed by atoms with Gasteiger partial charge in [-0.1, -0.05) is 19.9 Å². The molecule has 2 heterocycles. The number of hydrogen-bond acceptors (Lipinski definition) is 3. The van der Waals surface area contributed by atoms with Crippen LogP contribution in [0, 0.1) is 12.7 Å². The van der Waals surface area contributed by atoms with Gasteiger partial charge in [0.25, 0.3) is 0 Å². The van der Waals surface area contributed by atoms with Crippen LogP contribution in [0.25, 0.3) is 5.65 Å². The third-order valence-electron chi connectivity index (χ3n) is 3.40. The number of imidazole rings is 1. The van der Waals surface area contributed by atoms with E-state index < -0.39 is 0 Å². The third kappa shape index (κ3) is 2.74. The Kier molecular flexibility index (Phi) is 3.71. The molecular weight excluding hydrogens is 279 g/mol. The first-order valence-electron chi connectivity index (χ1n) is 7.20. The van der Waals surface area contributed by atoms with Gasteiger partial charge in [-0.05, 0) is 48.7 Å². The Morgan fingerprint density at radius 1 is 1.05 bits per heavy atom. The molecule has 0 saturated carbocycles. The molecule has 0 aliphatic heterocycles. The fraction of sp³-hybridized carbons (Fsp3) is 0.235. The number of pyridine rings is 1. The quantitative estimate of drug-likeness (QED) is 0.603. The second-order valence-corrected chi connectivity index (χ2v) is 5.59. The number of azo groups is 1. The zero-order chi connectivity index (χ0) is 15.7. The molecular formula is C17H17FN4. The molecule has 0 fully saturated rings. The molecule has 0 atom stereocenters. The van der Waals surface area contributed by atoms with E-state index in [1.807, 2.05) is 29.7 Å². The maximum Gasteiger partial charge on any atom is 0.183 e. The number of nitrogens with zero attached hydrogens (tertiary/aromatic N) is 4. The summed E-state index contributed by atoms with van der Waals surface area (Å²) in [6, 6.07) is 9.93. The molecule has 22 heavy (non-hydrogen) atoms. The van der Waals surface area contributed by atoms with Crippen molar-refractivity contribution in [3.63, 3.8) is 0 Å². The third-order valence-corrected chi connectivity index (χ3v) is 3.40. The first-order valence-corrected chi connectivity index (χ1v) is 7.20. The lowest BCUT2D eigenvalue weighted by atomic mass is 10.1. The number of aromatic nitrogens is 2. The first-order chi connectivity index (χ1) is 10.5. The summed E-state index contributed by atoms with van der Waals surface area (Å²) in [6.07, 6.45) is 1.99. The van der Waals surface area contributed by atoms with Gasteiger partial charge >= 0.3 is 0 Å². The SMILES string of the molecule is Cc1ccc2nc(C(C)C)c(N=Nc3ccc(F)cc3)n2c1. The summed E-state index contributed by atoms with van der Waals surface area (Å²) < 4.78 is 14.9. The average molecular weight is 296 g/mol. The van der Waals surface area contributed by atoms with E-state index in [1.54, 1.807) is 12.1 Å². The second kappa shape index (κ2) is 5.67. The van der Waals surface area contributed by atoms with E-state index in [9.17, 15) is 4.39 Å². The number of halogens is 1. The smallest absolute Gasteiger partial charge is 0.183 e. The fourth-order valence-electron chi connectivity index (χ4n) is 2.26. The highest BCUT2D eigenvalue weighted by molar-refractivity contribution is 5.54. The summed E-state index contributed by atoms with van der Waals surface area (Å²) >= 11 is 0. The Balaban J connectivity index is 2.09. The van der Waals surface area contributed by atoms with Gasteiger partial charge in [0.05, 0.1) is 11.4 Å². The van der Waals surface area contributed by atoms with E-state index in [-0.39, 0.29) is 11.7 Å². The van der Waals surface area contributed by atoms with Gasteiger partial charge in [0.1, 0.15) is 11.5 Å². The Morgan fingerprint density at radius 3 is 2.45 bits per heavy atom. The Hall–Kier alpha value is -2.56. The highest BCUT2D eigenvalue weighted by atomic mass is 19.1. The van der Waals surface area contributed by atoms with Crippen LogP contribution in [0.3, 0.4) is 0 Å². The maximum absolute atomic E-state index is 12.9. The summed E-state index contributed by atoms with van der Waals surface area (Å²) in [5.74, 6) is 0.674. The van der Waals surface area contributed by atoms with Crippen molar-refractivity contribution >= 4 is 17.2 Å². The highest BCUT2D eigenvalue weighted by Gasteiger charge is 2.15. The number of fused-ring (bicyclic) bond motifs is 1. The minimum Gasteiger partial charge on any atom is -0.283 e. The molecule has 0 N–H and O–H groups in total. The zero-order valence-electron chi connectivity index (χ0n) is 12.8. The van der Waals surface area contributed by atoms with Crippen molar-refractivity contribution in [2.75, 3.05) is 0 Å². The number of hydrogen-bond donors (Lipinski definition) is 0. The molecule has 5 heteroatoms. The fourth-order valence-corrected chi connectivity index (χ4v) is 2.26. The molecule has 112 valence electrons. The summed E-state index contributed by atoms with van der Waals surface area (Å²) in [5, 5.41) is 8.57. The van der Waals surface area contributed by atoms with Gasteiger partial charge in [0.2, 0.25) is 0 Å². The minimum absolute atomic E-state index is 0.238. The van der Waals surface area contributed by atoms with E-state index in [1.165, 1.54) is 12.1 Å². The van der Waals surface area contributed by atoms with Gasteiger partial charge in [0, 0.05) is 6.20 Å². The van der Waals surface area contributed by atoms with E-state index in [2.05, 4.69) is 29.1 Å². The molecule has 0 aliphatic rings. The van der Waals surface area contributed by atoms with E-state index in [4.69, 9.17) is 0 Å². The van der Waals surface area contributed by atoms with Gasteiger partial charge in [-0.15, -0.1) is 10.2 Å². The van der Waals surface area contributed by atoms with Crippen molar-refractivity contribution in [1.82, 2.24) is 9.38 Å². The van der Waals surface area contributed by atoms with Crippen molar-refractivity contribution in [2.24, 2.45) is 10.2 Å². The van der Waals surface area contributed by atoms with Crippen LogP contribution in [0.15, 0.2) is 52.8 Å². The number of aryl methyl sites for hydroxylation is 1. The minimum atomic E-state index is -0.285. The summed E-state index contributed by atoms with van der Waals surface area (Å²) in [4.78, 5) is 4.63. The molecule has 0 aliphatic carbocycles. The first kappa shape index (κ1) is 14.4. The molecule has 0 bridgehead atoms. The van der Waals surface area contributed by atoms with Crippen LogP contribution in [0.1, 0.15) is 31.0 Å². The number of benzene rings is 1. The van der Waals surface area contributed by atoms with Crippen LogP contribution >= 0.6 is 0 Å². The Labute approximate surface area is 128 Å².